The van der Waals surface area contributed by atoms with Gasteiger partial charge in [-0.25, -0.2) is 0 Å². The van der Waals surface area contributed by atoms with Crippen LogP contribution in [0.1, 0.15) is 48.5 Å². The van der Waals surface area contributed by atoms with Crippen molar-refractivity contribution in [3.63, 3.8) is 0 Å². The molecule has 2 atom stereocenters. The van der Waals surface area contributed by atoms with Crippen molar-refractivity contribution in [2.45, 2.75) is 39.0 Å². The van der Waals surface area contributed by atoms with Crippen LogP contribution >= 0.6 is 22.9 Å². The van der Waals surface area contributed by atoms with E-state index in [2.05, 4.69) is 16.0 Å². The maximum atomic E-state index is 12.2. The Bertz CT molecular complexity index is 792. The van der Waals surface area contributed by atoms with Crippen molar-refractivity contribution in [3.05, 3.63) is 56.7 Å². The van der Waals surface area contributed by atoms with E-state index in [1.807, 2.05) is 43.5 Å². The van der Waals surface area contributed by atoms with E-state index in [9.17, 15) is 9.59 Å². The van der Waals surface area contributed by atoms with Gasteiger partial charge in [0.15, 0.2) is 0 Å². The highest BCUT2D eigenvalue weighted by Crippen LogP contribution is 2.31. The second-order valence-corrected chi connectivity index (χ2v) is 8.05. The number of hydrogen-bond acceptors (Lipinski definition) is 4. The van der Waals surface area contributed by atoms with E-state index in [0.717, 1.165) is 16.0 Å². The van der Waals surface area contributed by atoms with E-state index in [4.69, 9.17) is 11.6 Å². The van der Waals surface area contributed by atoms with Crippen LogP contribution in [0.2, 0.25) is 5.02 Å². The molecule has 2 unspecified atom stereocenters. The summed E-state index contributed by atoms with van der Waals surface area (Å²) < 4.78 is 0. The van der Waals surface area contributed by atoms with Crippen LogP contribution in [-0.4, -0.2) is 11.8 Å². The smallest absolute Gasteiger partial charge is 0.223 e. The summed E-state index contributed by atoms with van der Waals surface area (Å²) in [5, 5.41) is 11.9. The van der Waals surface area contributed by atoms with Gasteiger partial charge in [0.05, 0.1) is 6.04 Å². The predicted octanol–water partition coefficient (Wildman–Crippen LogP) is 3.52. The Morgan fingerprint density at radius 1 is 1.38 bits per heavy atom. The van der Waals surface area contributed by atoms with Gasteiger partial charge in [0.25, 0.3) is 0 Å². The first-order valence-corrected chi connectivity index (χ1v) is 9.84. The van der Waals surface area contributed by atoms with Gasteiger partial charge in [-0.3, -0.25) is 14.9 Å². The van der Waals surface area contributed by atoms with E-state index in [0.29, 0.717) is 18.0 Å². The number of nitrogens with one attached hydrogen (secondary N) is 3. The van der Waals surface area contributed by atoms with Crippen LogP contribution in [0.25, 0.3) is 0 Å². The molecule has 2 aromatic rings. The van der Waals surface area contributed by atoms with Crippen molar-refractivity contribution < 1.29 is 9.59 Å². The zero-order valence-electron chi connectivity index (χ0n) is 14.7. The molecule has 0 spiro atoms. The average molecular weight is 392 g/mol. The monoisotopic (exact) mass is 391 g/mol. The van der Waals surface area contributed by atoms with E-state index in [1.54, 1.807) is 17.4 Å². The third-order valence-electron chi connectivity index (χ3n) is 4.31. The second-order valence-electron chi connectivity index (χ2n) is 6.67. The molecular formula is C19H22ClN3O2S. The average Bonchev–Trinajstić information content (AvgIpc) is 3.14. The lowest BCUT2D eigenvalue weighted by Crippen LogP contribution is -2.46. The molecule has 1 fully saturated rings. The number of thiophene rings is 1. The number of carbonyl (C=O) groups is 2. The molecule has 3 N–H and O–H groups in total. The molecule has 5 nitrogen and oxygen atoms in total. The van der Waals surface area contributed by atoms with Crippen molar-refractivity contribution in [2.75, 3.05) is 0 Å². The lowest BCUT2D eigenvalue weighted by molar-refractivity contribution is -0.125. The first-order valence-electron chi connectivity index (χ1n) is 8.59. The quantitative estimate of drug-likeness (QED) is 0.730. The van der Waals surface area contributed by atoms with E-state index >= 15 is 0 Å². The second kappa shape index (κ2) is 8.20. The number of hydrogen-bond donors (Lipinski definition) is 3. The zero-order valence-corrected chi connectivity index (χ0v) is 16.3. The minimum atomic E-state index is -0.364. The van der Waals surface area contributed by atoms with Gasteiger partial charge < -0.3 is 10.6 Å². The van der Waals surface area contributed by atoms with Gasteiger partial charge in [0.1, 0.15) is 6.17 Å². The fraction of sp³-hybridized carbons (Fsp3) is 0.368. The topological polar surface area (TPSA) is 70.2 Å². The Labute approximate surface area is 162 Å². The first-order chi connectivity index (χ1) is 12.4. The summed E-state index contributed by atoms with van der Waals surface area (Å²) in [5.74, 6) is -0.0716. The molecule has 2 amide bonds. The molecule has 1 aromatic heterocycles. The van der Waals surface area contributed by atoms with Crippen molar-refractivity contribution in [1.29, 1.82) is 0 Å². The summed E-state index contributed by atoms with van der Waals surface area (Å²) in [6, 6.07) is 9.59. The van der Waals surface area contributed by atoms with Crippen LogP contribution in [-0.2, 0) is 16.1 Å². The van der Waals surface area contributed by atoms with Crippen LogP contribution in [0, 0.1) is 5.92 Å². The van der Waals surface area contributed by atoms with Gasteiger partial charge in [-0.1, -0.05) is 37.6 Å². The first kappa shape index (κ1) is 18.9. The van der Waals surface area contributed by atoms with Gasteiger partial charge in [-0.15, -0.1) is 11.3 Å². The fourth-order valence-electron chi connectivity index (χ4n) is 2.86. The van der Waals surface area contributed by atoms with Gasteiger partial charge >= 0.3 is 0 Å². The number of carbonyl (C=O) groups excluding carboxylic acids is 2. The van der Waals surface area contributed by atoms with Crippen molar-refractivity contribution >= 4 is 34.8 Å². The maximum absolute atomic E-state index is 12.2. The molecule has 1 aromatic carbocycles. The number of rotatable bonds is 5. The molecule has 1 saturated heterocycles. The molecule has 2 heterocycles. The third kappa shape index (κ3) is 4.44. The summed E-state index contributed by atoms with van der Waals surface area (Å²) in [5.41, 5.74) is 1.74. The van der Waals surface area contributed by atoms with E-state index in [1.165, 1.54) is 0 Å². The fourth-order valence-corrected chi connectivity index (χ4v) is 3.88. The molecule has 1 aliphatic heterocycles. The van der Waals surface area contributed by atoms with Crippen LogP contribution < -0.4 is 16.0 Å². The summed E-state index contributed by atoms with van der Waals surface area (Å²) in [6.45, 7) is 4.14. The highest BCUT2D eigenvalue weighted by atomic mass is 35.5. The molecule has 0 bridgehead atoms. The Morgan fingerprint density at radius 3 is 2.88 bits per heavy atom. The summed E-state index contributed by atoms with van der Waals surface area (Å²) in [6.07, 6.45) is 0.0373. The standard InChI is InChI=1S/C19H22ClN3O2S/c1-11(2)19(25)21-10-12-5-6-14(20)13(8-12)18-22-15(9-17(24)23-18)16-4-3-7-26-16/h3-8,11,15,18,22H,9-10H2,1-2H3,(H,21,25)(H,23,24). The highest BCUT2D eigenvalue weighted by Gasteiger charge is 2.29. The largest absolute Gasteiger partial charge is 0.352 e. The van der Waals surface area contributed by atoms with Crippen LogP contribution in [0.4, 0.5) is 0 Å². The molecule has 26 heavy (non-hydrogen) atoms. The maximum Gasteiger partial charge on any atom is 0.223 e. The SMILES string of the molecule is CC(C)C(=O)NCc1ccc(Cl)c(C2NC(=O)CC(c3cccs3)N2)c1. The van der Waals surface area contributed by atoms with Gasteiger partial charge in [-0.05, 0) is 29.1 Å². The molecule has 0 radical (unpaired) electrons. The molecule has 1 aliphatic rings. The number of halogens is 1. The van der Waals surface area contributed by atoms with E-state index in [-0.39, 0.29) is 29.9 Å². The Balaban J connectivity index is 1.77. The molecule has 3 rings (SSSR count). The van der Waals surface area contributed by atoms with Crippen LogP contribution in [0.15, 0.2) is 35.7 Å². The van der Waals surface area contributed by atoms with Gasteiger partial charge in [-0.2, -0.15) is 0 Å². The van der Waals surface area contributed by atoms with Gasteiger partial charge in [0.2, 0.25) is 11.8 Å². The van der Waals surface area contributed by atoms with Crippen LogP contribution in [0.3, 0.4) is 0 Å². The van der Waals surface area contributed by atoms with Crippen molar-refractivity contribution in [3.8, 4) is 0 Å². The lowest BCUT2D eigenvalue weighted by atomic mass is 10.0. The number of benzene rings is 1. The molecular weight excluding hydrogens is 370 g/mol. The highest BCUT2D eigenvalue weighted by molar-refractivity contribution is 7.10. The minimum Gasteiger partial charge on any atom is -0.352 e. The summed E-state index contributed by atoms with van der Waals surface area (Å²) >= 11 is 8.01. The van der Waals surface area contributed by atoms with Crippen LogP contribution in [0.5, 0.6) is 0 Å². The van der Waals surface area contributed by atoms with E-state index < -0.39 is 0 Å². The Kier molecular flexibility index (Phi) is 5.96. The minimum absolute atomic E-state index is 0.00311. The van der Waals surface area contributed by atoms with Gasteiger partial charge in [0, 0.05) is 34.3 Å². The third-order valence-corrected chi connectivity index (χ3v) is 5.64. The molecule has 0 aliphatic carbocycles. The lowest BCUT2D eigenvalue weighted by Gasteiger charge is -2.32. The molecule has 0 saturated carbocycles. The van der Waals surface area contributed by atoms with Crippen molar-refractivity contribution in [2.24, 2.45) is 5.92 Å². The Hall–Kier alpha value is -1.89. The predicted molar refractivity (Wildman–Crippen MR) is 104 cm³/mol. The number of amides is 2. The molecule has 7 heteroatoms. The molecule has 138 valence electrons. The summed E-state index contributed by atoms with van der Waals surface area (Å²) in [4.78, 5) is 25.1. The normalized spacial score (nSPS) is 20.1. The summed E-state index contributed by atoms with van der Waals surface area (Å²) in [7, 11) is 0. The van der Waals surface area contributed by atoms with Crippen molar-refractivity contribution in [1.82, 2.24) is 16.0 Å². The Morgan fingerprint density at radius 2 is 2.19 bits per heavy atom. The zero-order chi connectivity index (χ0) is 18.7.